The maximum atomic E-state index is 11.5. The highest BCUT2D eigenvalue weighted by Gasteiger charge is 2.48. The van der Waals surface area contributed by atoms with E-state index in [1.807, 2.05) is 24.3 Å². The Hall–Kier alpha value is -2.95. The molecule has 2 heterocycles. The van der Waals surface area contributed by atoms with Crippen LogP contribution in [0.3, 0.4) is 0 Å². The van der Waals surface area contributed by atoms with Crippen molar-refractivity contribution in [3.05, 3.63) is 80.9 Å². The van der Waals surface area contributed by atoms with Gasteiger partial charge >= 0.3 is 11.4 Å². The fourth-order valence-electron chi connectivity index (χ4n) is 2.73. The molecule has 1 unspecified atom stereocenters. The first kappa shape index (κ1) is 11.8. The second kappa shape index (κ2) is 4.02. The molecule has 2 aliphatic heterocycles. The molecular formula is C16H10N2O3. The SMILES string of the molecule is O=[N+]([O-])C1=c2ccccc2=NC12C=Cc1ccccc1O2. The summed E-state index contributed by atoms with van der Waals surface area (Å²) in [6.07, 6.45) is 3.46. The lowest BCUT2D eigenvalue weighted by Crippen LogP contribution is -2.38. The lowest BCUT2D eigenvalue weighted by Gasteiger charge is -2.26. The molecule has 0 fully saturated rings. The quantitative estimate of drug-likeness (QED) is 0.586. The molecule has 0 N–H and O–H groups in total. The van der Waals surface area contributed by atoms with Gasteiger partial charge < -0.3 is 4.74 Å². The van der Waals surface area contributed by atoms with Gasteiger partial charge in [0, 0.05) is 5.56 Å². The van der Waals surface area contributed by atoms with Crippen molar-refractivity contribution >= 4 is 11.8 Å². The molecule has 0 aliphatic carbocycles. The molecule has 2 aliphatic rings. The number of benzene rings is 2. The standard InChI is InChI=1S/C16H10N2O3/c19-18(20)15-12-6-2-3-7-13(12)17-16(15)10-9-11-5-1-4-8-14(11)21-16/h1-10H. The van der Waals surface area contributed by atoms with E-state index in [1.54, 1.807) is 36.4 Å². The molecule has 5 nitrogen and oxygen atoms in total. The number of nitro groups is 1. The van der Waals surface area contributed by atoms with Crippen molar-refractivity contribution in [3.63, 3.8) is 0 Å². The zero-order chi connectivity index (χ0) is 14.4. The lowest BCUT2D eigenvalue weighted by molar-refractivity contribution is -0.390. The van der Waals surface area contributed by atoms with Gasteiger partial charge in [-0.1, -0.05) is 30.3 Å². The summed E-state index contributed by atoms with van der Waals surface area (Å²) in [5.74, 6) is 0.593. The summed E-state index contributed by atoms with van der Waals surface area (Å²) in [4.78, 5) is 15.6. The predicted octanol–water partition coefficient (Wildman–Crippen LogP) is 1.51. The van der Waals surface area contributed by atoms with Crippen molar-refractivity contribution in [2.75, 3.05) is 0 Å². The average Bonchev–Trinajstić information content (AvgIpc) is 2.80. The zero-order valence-electron chi connectivity index (χ0n) is 10.9. The topological polar surface area (TPSA) is 64.7 Å². The second-order valence-electron chi connectivity index (χ2n) is 4.90. The van der Waals surface area contributed by atoms with Crippen molar-refractivity contribution in [2.24, 2.45) is 4.99 Å². The van der Waals surface area contributed by atoms with Crippen LogP contribution in [0.4, 0.5) is 0 Å². The Labute approximate surface area is 119 Å². The smallest absolute Gasteiger partial charge is 0.326 e. The molecule has 0 bridgehead atoms. The van der Waals surface area contributed by atoms with Crippen LogP contribution in [0.25, 0.3) is 11.8 Å². The Morgan fingerprint density at radius 1 is 1.10 bits per heavy atom. The van der Waals surface area contributed by atoms with E-state index in [0.717, 1.165) is 5.56 Å². The van der Waals surface area contributed by atoms with Gasteiger partial charge in [-0.2, -0.15) is 0 Å². The van der Waals surface area contributed by atoms with Gasteiger partial charge in [0.2, 0.25) is 0 Å². The Bertz CT molecular complexity index is 917. The normalized spacial score (nSPS) is 21.4. The van der Waals surface area contributed by atoms with E-state index in [9.17, 15) is 10.1 Å². The summed E-state index contributed by atoms with van der Waals surface area (Å²) in [5, 5.41) is 12.6. The summed E-state index contributed by atoms with van der Waals surface area (Å²) in [5.41, 5.74) is -0.525. The fraction of sp³-hybridized carbons (Fsp3) is 0.0625. The number of para-hydroxylation sites is 2. The third-order valence-corrected chi connectivity index (χ3v) is 3.64. The third kappa shape index (κ3) is 1.61. The van der Waals surface area contributed by atoms with Crippen LogP contribution in [-0.2, 0) is 0 Å². The Morgan fingerprint density at radius 3 is 2.71 bits per heavy atom. The first-order valence-electron chi connectivity index (χ1n) is 6.51. The Kier molecular flexibility index (Phi) is 2.27. The van der Waals surface area contributed by atoms with Gasteiger partial charge in [0.05, 0.1) is 15.5 Å². The molecule has 5 heteroatoms. The van der Waals surface area contributed by atoms with E-state index in [-0.39, 0.29) is 5.70 Å². The van der Waals surface area contributed by atoms with Crippen molar-refractivity contribution in [2.45, 2.75) is 5.72 Å². The van der Waals surface area contributed by atoms with Crippen molar-refractivity contribution in [1.82, 2.24) is 0 Å². The third-order valence-electron chi connectivity index (χ3n) is 3.64. The molecular weight excluding hydrogens is 268 g/mol. The van der Waals surface area contributed by atoms with Crippen LogP contribution in [-0.4, -0.2) is 10.6 Å². The van der Waals surface area contributed by atoms with E-state index in [1.165, 1.54) is 0 Å². The lowest BCUT2D eigenvalue weighted by atomic mass is 10.0. The van der Waals surface area contributed by atoms with E-state index in [4.69, 9.17) is 4.74 Å². The molecule has 0 aromatic heterocycles. The van der Waals surface area contributed by atoms with Crippen LogP contribution in [0.2, 0.25) is 0 Å². The first-order valence-corrected chi connectivity index (χ1v) is 6.51. The van der Waals surface area contributed by atoms with Gasteiger partial charge in [-0.25, -0.2) is 4.99 Å². The molecule has 4 rings (SSSR count). The Morgan fingerprint density at radius 2 is 1.86 bits per heavy atom. The maximum Gasteiger partial charge on any atom is 0.326 e. The second-order valence-corrected chi connectivity index (χ2v) is 4.90. The highest BCUT2D eigenvalue weighted by atomic mass is 16.6. The van der Waals surface area contributed by atoms with E-state index in [2.05, 4.69) is 4.99 Å². The van der Waals surface area contributed by atoms with E-state index >= 15 is 0 Å². The molecule has 0 amide bonds. The molecule has 1 spiro atoms. The van der Waals surface area contributed by atoms with Gasteiger partial charge in [0.25, 0.3) is 0 Å². The van der Waals surface area contributed by atoms with E-state index in [0.29, 0.717) is 16.3 Å². The molecule has 1 atom stereocenters. The monoisotopic (exact) mass is 278 g/mol. The maximum absolute atomic E-state index is 11.5. The molecule has 0 saturated heterocycles. The molecule has 21 heavy (non-hydrogen) atoms. The molecule has 102 valence electrons. The minimum atomic E-state index is -1.37. The molecule has 0 saturated carbocycles. The number of hydrogen-bond donors (Lipinski definition) is 0. The Balaban J connectivity index is 2.00. The van der Waals surface area contributed by atoms with Crippen LogP contribution in [0, 0.1) is 10.1 Å². The summed E-state index contributed by atoms with van der Waals surface area (Å²) in [6.45, 7) is 0. The van der Waals surface area contributed by atoms with Gasteiger partial charge in [0.15, 0.2) is 0 Å². The highest BCUT2D eigenvalue weighted by molar-refractivity contribution is 5.67. The number of nitrogens with zero attached hydrogens (tertiary/aromatic N) is 2. The van der Waals surface area contributed by atoms with Crippen molar-refractivity contribution in [3.8, 4) is 5.75 Å². The molecule has 2 aromatic rings. The van der Waals surface area contributed by atoms with Gasteiger partial charge in [-0.3, -0.25) is 10.1 Å². The minimum Gasteiger partial charge on any atom is -0.452 e. The van der Waals surface area contributed by atoms with Crippen LogP contribution < -0.4 is 15.3 Å². The highest BCUT2D eigenvalue weighted by Crippen LogP contribution is 2.36. The van der Waals surface area contributed by atoms with Gasteiger partial charge in [-0.15, -0.1) is 0 Å². The van der Waals surface area contributed by atoms with Crippen LogP contribution in [0.5, 0.6) is 5.75 Å². The summed E-state index contributed by atoms with van der Waals surface area (Å²) < 4.78 is 5.90. The zero-order valence-corrected chi connectivity index (χ0v) is 10.9. The minimum absolute atomic E-state index is 0.0381. The van der Waals surface area contributed by atoms with Crippen molar-refractivity contribution in [1.29, 1.82) is 0 Å². The number of fused-ring (bicyclic) bond motifs is 2. The van der Waals surface area contributed by atoms with Gasteiger partial charge in [0.1, 0.15) is 5.75 Å². The first-order chi connectivity index (χ1) is 10.2. The van der Waals surface area contributed by atoms with Crippen LogP contribution in [0.15, 0.2) is 59.6 Å². The largest absolute Gasteiger partial charge is 0.452 e. The van der Waals surface area contributed by atoms with Crippen molar-refractivity contribution < 1.29 is 9.66 Å². The number of ether oxygens (including phenoxy) is 1. The fourth-order valence-corrected chi connectivity index (χ4v) is 2.73. The average molecular weight is 278 g/mol. The summed E-state index contributed by atoms with van der Waals surface area (Å²) in [7, 11) is 0. The van der Waals surface area contributed by atoms with E-state index < -0.39 is 10.6 Å². The predicted molar refractivity (Wildman–Crippen MR) is 76.5 cm³/mol. The summed E-state index contributed by atoms with van der Waals surface area (Å²) in [6, 6.07) is 14.4. The van der Waals surface area contributed by atoms with Gasteiger partial charge in [-0.05, 0) is 30.4 Å². The van der Waals surface area contributed by atoms with Crippen LogP contribution in [0.1, 0.15) is 5.56 Å². The molecule has 0 radical (unpaired) electrons. The number of hydrogen-bond acceptors (Lipinski definition) is 4. The molecule has 2 aromatic carbocycles. The number of rotatable bonds is 1. The van der Waals surface area contributed by atoms with Crippen LogP contribution >= 0.6 is 0 Å². The summed E-state index contributed by atoms with van der Waals surface area (Å²) >= 11 is 0.